The van der Waals surface area contributed by atoms with Crippen molar-refractivity contribution in [3.63, 3.8) is 0 Å². The van der Waals surface area contributed by atoms with Crippen LogP contribution in [0.25, 0.3) is 0 Å². The molecule has 6 nitrogen and oxygen atoms in total. The maximum atomic E-state index is 12.5. The Morgan fingerprint density at radius 2 is 1.89 bits per heavy atom. The predicted octanol–water partition coefficient (Wildman–Crippen LogP) is 4.14. The van der Waals surface area contributed by atoms with Gasteiger partial charge in [-0.25, -0.2) is 0 Å². The molecule has 0 fully saturated rings. The summed E-state index contributed by atoms with van der Waals surface area (Å²) in [6, 6.07) is 8.38. The van der Waals surface area contributed by atoms with Crippen LogP contribution in [0.2, 0.25) is 0 Å². The zero-order valence-electron chi connectivity index (χ0n) is 14.1. The maximum Gasteiger partial charge on any atom is 0.416 e. The van der Waals surface area contributed by atoms with Gasteiger partial charge in [-0.15, -0.1) is 11.8 Å². The number of nitro groups is 1. The van der Waals surface area contributed by atoms with E-state index in [1.807, 2.05) is 0 Å². The van der Waals surface area contributed by atoms with Crippen LogP contribution < -0.4 is 10.1 Å². The molecule has 0 bridgehead atoms. The van der Waals surface area contributed by atoms with Crippen LogP contribution in [0.5, 0.6) is 5.75 Å². The molecule has 0 aromatic heterocycles. The summed E-state index contributed by atoms with van der Waals surface area (Å²) in [4.78, 5) is 23.3. The molecule has 10 heteroatoms. The van der Waals surface area contributed by atoms with Gasteiger partial charge in [-0.2, -0.15) is 13.2 Å². The first-order valence-corrected chi connectivity index (χ1v) is 8.85. The van der Waals surface area contributed by atoms with Crippen molar-refractivity contribution >= 4 is 23.4 Å². The molecule has 2 aromatic carbocycles. The molecule has 0 radical (unpaired) electrons. The van der Waals surface area contributed by atoms with Crippen molar-refractivity contribution in [1.29, 1.82) is 0 Å². The standard InChI is InChI=1S/C17H15F3N2O4S/c1-27-13-6-7-15(22(24)25)14(10-13)16(23)21-8-9-26-12-4-2-11(3-5-12)17(18,19)20/h2-7,10H,8-9H2,1H3,(H,21,23). The van der Waals surface area contributed by atoms with Crippen LogP contribution in [0, 0.1) is 10.1 Å². The molecule has 0 unspecified atom stereocenters. The van der Waals surface area contributed by atoms with Gasteiger partial charge in [-0.3, -0.25) is 14.9 Å². The molecule has 144 valence electrons. The van der Waals surface area contributed by atoms with Gasteiger partial charge >= 0.3 is 6.18 Å². The minimum Gasteiger partial charge on any atom is -0.492 e. The third-order valence-corrected chi connectivity index (χ3v) is 4.21. The van der Waals surface area contributed by atoms with Crippen molar-refractivity contribution in [2.45, 2.75) is 11.1 Å². The quantitative estimate of drug-likeness (QED) is 0.327. The number of amides is 1. The lowest BCUT2D eigenvalue weighted by Crippen LogP contribution is -2.28. The van der Waals surface area contributed by atoms with Crippen LogP contribution in [0.1, 0.15) is 15.9 Å². The number of rotatable bonds is 7. The summed E-state index contributed by atoms with van der Waals surface area (Å²) in [5.41, 5.74) is -1.17. The van der Waals surface area contributed by atoms with E-state index in [9.17, 15) is 28.1 Å². The number of nitro benzene ring substituents is 1. The van der Waals surface area contributed by atoms with Gasteiger partial charge in [0.2, 0.25) is 0 Å². The molecule has 1 N–H and O–H groups in total. The summed E-state index contributed by atoms with van der Waals surface area (Å²) < 4.78 is 42.7. The highest BCUT2D eigenvalue weighted by Crippen LogP contribution is 2.30. The van der Waals surface area contributed by atoms with Crippen LogP contribution >= 0.6 is 11.8 Å². The van der Waals surface area contributed by atoms with Crippen molar-refractivity contribution in [3.8, 4) is 5.75 Å². The van der Waals surface area contributed by atoms with Gasteiger partial charge in [-0.1, -0.05) is 0 Å². The van der Waals surface area contributed by atoms with E-state index in [1.165, 1.54) is 36.0 Å². The molecule has 0 atom stereocenters. The second kappa shape index (κ2) is 8.76. The molecule has 0 heterocycles. The second-order valence-corrected chi connectivity index (χ2v) is 6.15. The zero-order valence-corrected chi connectivity index (χ0v) is 14.9. The lowest BCUT2D eigenvalue weighted by molar-refractivity contribution is -0.385. The Kier molecular flexibility index (Phi) is 6.67. The van der Waals surface area contributed by atoms with Crippen molar-refractivity contribution in [2.75, 3.05) is 19.4 Å². The van der Waals surface area contributed by atoms with Gasteiger partial charge in [0.1, 0.15) is 17.9 Å². The van der Waals surface area contributed by atoms with E-state index >= 15 is 0 Å². The Morgan fingerprint density at radius 3 is 2.44 bits per heavy atom. The molecular weight excluding hydrogens is 385 g/mol. The van der Waals surface area contributed by atoms with Crippen LogP contribution in [0.4, 0.5) is 18.9 Å². The normalized spacial score (nSPS) is 11.1. The maximum absolute atomic E-state index is 12.5. The predicted molar refractivity (Wildman–Crippen MR) is 94.1 cm³/mol. The average Bonchev–Trinajstić information content (AvgIpc) is 2.64. The monoisotopic (exact) mass is 400 g/mol. The molecule has 2 rings (SSSR count). The Hall–Kier alpha value is -2.75. The first-order valence-electron chi connectivity index (χ1n) is 7.63. The molecule has 2 aromatic rings. The lowest BCUT2D eigenvalue weighted by atomic mass is 10.1. The number of nitrogens with zero attached hydrogens (tertiary/aromatic N) is 1. The van der Waals surface area contributed by atoms with Crippen LogP contribution in [0.15, 0.2) is 47.4 Å². The fourth-order valence-electron chi connectivity index (χ4n) is 2.15. The number of ether oxygens (including phenoxy) is 1. The third-order valence-electron chi connectivity index (χ3n) is 3.48. The molecule has 1 amide bonds. The van der Waals surface area contributed by atoms with Crippen molar-refractivity contribution < 1.29 is 27.6 Å². The highest BCUT2D eigenvalue weighted by Gasteiger charge is 2.30. The Balaban J connectivity index is 1.92. The zero-order chi connectivity index (χ0) is 20.0. The largest absolute Gasteiger partial charge is 0.492 e. The van der Waals surface area contributed by atoms with Gasteiger partial charge < -0.3 is 10.1 Å². The number of hydrogen-bond donors (Lipinski definition) is 1. The smallest absolute Gasteiger partial charge is 0.416 e. The third kappa shape index (κ3) is 5.61. The highest BCUT2D eigenvalue weighted by molar-refractivity contribution is 7.98. The molecule has 0 spiro atoms. The van der Waals surface area contributed by atoms with E-state index in [0.29, 0.717) is 4.90 Å². The molecular formula is C17H15F3N2O4S. The van der Waals surface area contributed by atoms with Gasteiger partial charge in [0.05, 0.1) is 17.0 Å². The van der Waals surface area contributed by atoms with Crippen LogP contribution in [-0.4, -0.2) is 30.2 Å². The number of benzene rings is 2. The summed E-state index contributed by atoms with van der Waals surface area (Å²) in [5.74, 6) is -0.416. The number of thioether (sulfide) groups is 1. The number of carbonyl (C=O) groups is 1. The van der Waals surface area contributed by atoms with E-state index < -0.39 is 22.6 Å². The van der Waals surface area contributed by atoms with E-state index in [1.54, 1.807) is 12.3 Å². The lowest BCUT2D eigenvalue weighted by Gasteiger charge is -2.10. The van der Waals surface area contributed by atoms with Crippen molar-refractivity contribution in [2.24, 2.45) is 0 Å². The summed E-state index contributed by atoms with van der Waals surface area (Å²) in [6.07, 6.45) is -2.65. The topological polar surface area (TPSA) is 81.5 Å². The Bertz CT molecular complexity index is 826. The molecule has 0 saturated carbocycles. The number of alkyl halides is 3. The molecule has 0 aliphatic heterocycles. The number of carbonyl (C=O) groups excluding carboxylic acids is 1. The summed E-state index contributed by atoms with van der Waals surface area (Å²) >= 11 is 1.34. The SMILES string of the molecule is CSc1ccc([N+](=O)[O-])c(C(=O)NCCOc2ccc(C(F)(F)F)cc2)c1. The molecule has 27 heavy (non-hydrogen) atoms. The highest BCUT2D eigenvalue weighted by atomic mass is 32.2. The van der Waals surface area contributed by atoms with E-state index in [-0.39, 0.29) is 30.2 Å². The first kappa shape index (κ1) is 20.6. The average molecular weight is 400 g/mol. The van der Waals surface area contributed by atoms with Gasteiger partial charge in [-0.05, 0) is 42.7 Å². The number of halogens is 3. The fraction of sp³-hybridized carbons (Fsp3) is 0.235. The van der Waals surface area contributed by atoms with E-state index in [0.717, 1.165) is 12.1 Å². The van der Waals surface area contributed by atoms with E-state index in [2.05, 4.69) is 5.32 Å². The molecule has 0 aliphatic rings. The summed E-state index contributed by atoms with van der Waals surface area (Å²) in [6.45, 7) is 0.0215. The Labute approximate surface area is 156 Å². The van der Waals surface area contributed by atoms with Crippen LogP contribution in [-0.2, 0) is 6.18 Å². The number of hydrogen-bond acceptors (Lipinski definition) is 5. The number of nitrogens with one attached hydrogen (secondary N) is 1. The molecule has 0 aliphatic carbocycles. The summed E-state index contributed by atoms with van der Waals surface area (Å²) in [7, 11) is 0. The van der Waals surface area contributed by atoms with Gasteiger partial charge in [0.15, 0.2) is 0 Å². The molecule has 0 saturated heterocycles. The van der Waals surface area contributed by atoms with Gasteiger partial charge in [0.25, 0.3) is 11.6 Å². The van der Waals surface area contributed by atoms with E-state index in [4.69, 9.17) is 4.74 Å². The Morgan fingerprint density at radius 1 is 1.22 bits per heavy atom. The van der Waals surface area contributed by atoms with Crippen molar-refractivity contribution in [3.05, 3.63) is 63.7 Å². The second-order valence-electron chi connectivity index (χ2n) is 5.27. The first-order chi connectivity index (χ1) is 12.7. The van der Waals surface area contributed by atoms with Gasteiger partial charge in [0, 0.05) is 11.0 Å². The van der Waals surface area contributed by atoms with Crippen LogP contribution in [0.3, 0.4) is 0 Å². The summed E-state index contributed by atoms with van der Waals surface area (Å²) in [5, 5.41) is 13.5. The fourth-order valence-corrected chi connectivity index (χ4v) is 2.59. The minimum atomic E-state index is -4.42. The minimum absolute atomic E-state index is 0.00682. The van der Waals surface area contributed by atoms with Crippen molar-refractivity contribution in [1.82, 2.24) is 5.32 Å².